The number of nitrogens with zero attached hydrogens (tertiary/aromatic N) is 4. The second kappa shape index (κ2) is 9.54. The van der Waals surface area contributed by atoms with Crippen molar-refractivity contribution in [3.05, 3.63) is 36.0 Å². The van der Waals surface area contributed by atoms with Crippen LogP contribution in [0, 0.1) is 12.8 Å². The Labute approximate surface area is 184 Å². The molecule has 31 heavy (non-hydrogen) atoms. The van der Waals surface area contributed by atoms with Gasteiger partial charge in [0.2, 0.25) is 11.8 Å². The monoisotopic (exact) mass is 423 g/mol. The maximum Gasteiger partial charge on any atom is 0.225 e. The Kier molecular flexibility index (Phi) is 6.59. The average Bonchev–Trinajstić information content (AvgIpc) is 2.95. The van der Waals surface area contributed by atoms with Crippen LogP contribution in [0.5, 0.6) is 0 Å². The first-order valence-electron chi connectivity index (χ1n) is 11.5. The third-order valence-electron chi connectivity index (χ3n) is 6.40. The number of hydrogen-bond donors (Lipinski definition) is 1. The van der Waals surface area contributed by atoms with Gasteiger partial charge in [-0.2, -0.15) is 5.10 Å². The van der Waals surface area contributed by atoms with E-state index in [4.69, 9.17) is 5.10 Å². The molecule has 0 unspecified atom stereocenters. The smallest absolute Gasteiger partial charge is 0.225 e. The second-order valence-corrected chi connectivity index (χ2v) is 8.71. The lowest BCUT2D eigenvalue weighted by Gasteiger charge is -2.35. The van der Waals surface area contributed by atoms with Gasteiger partial charge in [0, 0.05) is 39.0 Å². The third kappa shape index (κ3) is 4.75. The molecule has 3 heterocycles. The van der Waals surface area contributed by atoms with E-state index >= 15 is 0 Å². The molecule has 2 aliphatic heterocycles. The number of benzene rings is 1. The molecule has 0 radical (unpaired) electrons. The molecule has 1 N–H and O–H groups in total. The van der Waals surface area contributed by atoms with Gasteiger partial charge in [0.1, 0.15) is 5.69 Å². The Hall–Kier alpha value is -2.83. The molecule has 0 spiro atoms. The van der Waals surface area contributed by atoms with Crippen LogP contribution in [0.4, 0.5) is 11.5 Å². The van der Waals surface area contributed by atoms with Gasteiger partial charge in [-0.3, -0.25) is 9.59 Å². The zero-order valence-corrected chi connectivity index (χ0v) is 18.6. The minimum atomic E-state index is -0.108. The number of likely N-dealkylation sites (tertiary alicyclic amines) is 1. The summed E-state index contributed by atoms with van der Waals surface area (Å²) in [6.45, 7) is 6.81. The Bertz CT molecular complexity index is 908. The molecule has 166 valence electrons. The first-order valence-corrected chi connectivity index (χ1v) is 11.5. The number of hydrogen-bond acceptors (Lipinski definition) is 4. The molecule has 2 fully saturated rings. The lowest BCUT2D eigenvalue weighted by atomic mass is 9.95. The van der Waals surface area contributed by atoms with Gasteiger partial charge in [-0.15, -0.1) is 0 Å². The first kappa shape index (κ1) is 21.4. The molecule has 7 nitrogen and oxygen atoms in total. The molecule has 2 saturated heterocycles. The van der Waals surface area contributed by atoms with Crippen molar-refractivity contribution in [1.29, 1.82) is 0 Å². The van der Waals surface area contributed by atoms with E-state index in [9.17, 15) is 9.59 Å². The van der Waals surface area contributed by atoms with Gasteiger partial charge >= 0.3 is 0 Å². The highest BCUT2D eigenvalue weighted by Crippen LogP contribution is 2.35. The summed E-state index contributed by atoms with van der Waals surface area (Å²) in [5.74, 6) is 1.21. The summed E-state index contributed by atoms with van der Waals surface area (Å²) in [7, 11) is 0. The standard InChI is InChI=1S/C24H33N5O2/c1-18-22(25-19(2)30)23(29(26-18)21-10-6-5-7-11-21)27-16-12-20(13-17-27)24(31)28-14-8-3-4-9-15-28/h5-7,10-11,20H,3-4,8-9,12-17H2,1-2H3,(H,25,30). The van der Waals surface area contributed by atoms with Crippen molar-refractivity contribution < 1.29 is 9.59 Å². The van der Waals surface area contributed by atoms with Crippen molar-refractivity contribution in [2.45, 2.75) is 52.4 Å². The summed E-state index contributed by atoms with van der Waals surface area (Å²) in [6, 6.07) is 9.99. The molecule has 4 rings (SSSR count). The van der Waals surface area contributed by atoms with E-state index in [-0.39, 0.29) is 11.8 Å². The topological polar surface area (TPSA) is 70.5 Å². The van der Waals surface area contributed by atoms with Crippen LogP contribution in [0.2, 0.25) is 0 Å². The number of carbonyl (C=O) groups excluding carboxylic acids is 2. The lowest BCUT2D eigenvalue weighted by molar-refractivity contribution is -0.136. The van der Waals surface area contributed by atoms with Crippen LogP contribution in [0.25, 0.3) is 5.69 Å². The molecule has 2 aliphatic rings. The summed E-state index contributed by atoms with van der Waals surface area (Å²) in [6.07, 6.45) is 6.37. The number of piperidine rings is 1. The number of aromatic nitrogens is 2. The fraction of sp³-hybridized carbons (Fsp3) is 0.542. The Morgan fingerprint density at radius 1 is 0.968 bits per heavy atom. The third-order valence-corrected chi connectivity index (χ3v) is 6.40. The molecule has 2 amide bonds. The van der Waals surface area contributed by atoms with Crippen LogP contribution >= 0.6 is 0 Å². The minimum absolute atomic E-state index is 0.0905. The number of amides is 2. The van der Waals surface area contributed by atoms with Gasteiger partial charge < -0.3 is 15.1 Å². The molecule has 1 aromatic carbocycles. The normalized spacial score (nSPS) is 18.0. The van der Waals surface area contributed by atoms with Crippen LogP contribution in [-0.4, -0.2) is 52.7 Å². The highest BCUT2D eigenvalue weighted by atomic mass is 16.2. The molecule has 0 bridgehead atoms. The number of carbonyl (C=O) groups is 2. The minimum Gasteiger partial charge on any atom is -0.355 e. The Morgan fingerprint density at radius 3 is 2.23 bits per heavy atom. The summed E-state index contributed by atoms with van der Waals surface area (Å²) in [4.78, 5) is 29.3. The van der Waals surface area contributed by atoms with E-state index in [1.165, 1.54) is 19.8 Å². The number of aryl methyl sites for hydroxylation is 1. The zero-order chi connectivity index (χ0) is 21.8. The molecule has 2 aromatic rings. The van der Waals surface area contributed by atoms with Crippen molar-refractivity contribution in [2.24, 2.45) is 5.92 Å². The SMILES string of the molecule is CC(=O)Nc1c(C)nn(-c2ccccc2)c1N1CCC(C(=O)N2CCCCCC2)CC1. The highest BCUT2D eigenvalue weighted by Gasteiger charge is 2.32. The fourth-order valence-corrected chi connectivity index (χ4v) is 4.77. The van der Waals surface area contributed by atoms with Crippen LogP contribution in [0.15, 0.2) is 30.3 Å². The largest absolute Gasteiger partial charge is 0.355 e. The van der Waals surface area contributed by atoms with Crippen molar-refractivity contribution in [2.75, 3.05) is 36.4 Å². The van der Waals surface area contributed by atoms with E-state index < -0.39 is 0 Å². The first-order chi connectivity index (χ1) is 15.0. The Balaban J connectivity index is 1.54. The van der Waals surface area contributed by atoms with Crippen LogP contribution in [0.3, 0.4) is 0 Å². The fourth-order valence-electron chi connectivity index (χ4n) is 4.77. The molecule has 1 aromatic heterocycles. The maximum absolute atomic E-state index is 13.1. The van der Waals surface area contributed by atoms with Crippen molar-refractivity contribution >= 4 is 23.3 Å². The Morgan fingerprint density at radius 2 is 1.61 bits per heavy atom. The van der Waals surface area contributed by atoms with E-state index in [0.29, 0.717) is 5.91 Å². The quantitative estimate of drug-likeness (QED) is 0.813. The molecular formula is C24H33N5O2. The highest BCUT2D eigenvalue weighted by molar-refractivity contribution is 5.93. The number of para-hydroxylation sites is 1. The number of nitrogens with one attached hydrogen (secondary N) is 1. The van der Waals surface area contributed by atoms with Gasteiger partial charge in [-0.1, -0.05) is 31.0 Å². The van der Waals surface area contributed by atoms with Crippen LogP contribution in [0.1, 0.15) is 51.1 Å². The number of rotatable bonds is 4. The predicted molar refractivity (Wildman–Crippen MR) is 123 cm³/mol. The van der Waals surface area contributed by atoms with E-state index in [1.54, 1.807) is 0 Å². The summed E-state index contributed by atoms with van der Waals surface area (Å²) >= 11 is 0. The second-order valence-electron chi connectivity index (χ2n) is 8.71. The molecule has 7 heteroatoms. The summed E-state index contributed by atoms with van der Waals surface area (Å²) in [5.41, 5.74) is 2.51. The van der Waals surface area contributed by atoms with E-state index in [2.05, 4.69) is 15.1 Å². The van der Waals surface area contributed by atoms with Crippen LogP contribution in [-0.2, 0) is 9.59 Å². The van der Waals surface area contributed by atoms with Crippen molar-refractivity contribution in [1.82, 2.24) is 14.7 Å². The lowest BCUT2D eigenvalue weighted by Crippen LogP contribution is -2.43. The van der Waals surface area contributed by atoms with E-state index in [0.717, 1.165) is 74.7 Å². The van der Waals surface area contributed by atoms with Gasteiger partial charge in [0.05, 0.1) is 11.4 Å². The van der Waals surface area contributed by atoms with Crippen molar-refractivity contribution in [3.63, 3.8) is 0 Å². The van der Waals surface area contributed by atoms with Gasteiger partial charge in [-0.05, 0) is 44.7 Å². The summed E-state index contributed by atoms with van der Waals surface area (Å²) < 4.78 is 1.91. The van der Waals surface area contributed by atoms with Gasteiger partial charge in [-0.25, -0.2) is 4.68 Å². The molecule has 0 atom stereocenters. The molecule has 0 saturated carbocycles. The predicted octanol–water partition coefficient (Wildman–Crippen LogP) is 3.76. The summed E-state index contributed by atoms with van der Waals surface area (Å²) in [5, 5.41) is 7.71. The molecular weight excluding hydrogens is 390 g/mol. The average molecular weight is 424 g/mol. The van der Waals surface area contributed by atoms with Crippen LogP contribution < -0.4 is 10.2 Å². The maximum atomic E-state index is 13.1. The van der Waals surface area contributed by atoms with Crippen molar-refractivity contribution in [3.8, 4) is 5.69 Å². The van der Waals surface area contributed by atoms with Gasteiger partial charge in [0.25, 0.3) is 0 Å². The number of anilines is 2. The van der Waals surface area contributed by atoms with Gasteiger partial charge in [0.15, 0.2) is 5.82 Å². The zero-order valence-electron chi connectivity index (χ0n) is 18.6. The van der Waals surface area contributed by atoms with E-state index in [1.807, 2.05) is 41.9 Å². The molecule has 0 aliphatic carbocycles.